The first kappa shape index (κ1) is 11.4. The summed E-state index contributed by atoms with van der Waals surface area (Å²) in [6.45, 7) is 3.52. The maximum absolute atomic E-state index is 13.2. The molecule has 15 heavy (non-hydrogen) atoms. The first-order valence-electron chi connectivity index (χ1n) is 4.99. The molecule has 0 fully saturated rings. The van der Waals surface area contributed by atoms with Gasteiger partial charge in [-0.2, -0.15) is 0 Å². The summed E-state index contributed by atoms with van der Waals surface area (Å²) < 4.78 is 13.2. The second-order valence-electron chi connectivity index (χ2n) is 3.12. The van der Waals surface area contributed by atoms with Crippen molar-refractivity contribution in [1.82, 2.24) is 0 Å². The molecule has 0 unspecified atom stereocenters. The summed E-state index contributed by atoms with van der Waals surface area (Å²) >= 11 is 0. The molecule has 0 amide bonds. The fraction of sp³-hybridized carbons (Fsp3) is 0.143. The second-order valence-corrected chi connectivity index (χ2v) is 3.12. The Bertz CT molecular complexity index is 383. The maximum Gasteiger partial charge on any atom is 0.125 e. The van der Waals surface area contributed by atoms with E-state index in [2.05, 4.69) is 0 Å². The van der Waals surface area contributed by atoms with Crippen LogP contribution in [0.3, 0.4) is 0 Å². The molecule has 0 nitrogen and oxygen atoms in total. The zero-order chi connectivity index (χ0) is 11.1. The monoisotopic (exact) mass is 202 g/mol. The number of allylic oxidation sites excluding steroid dienone is 5. The Morgan fingerprint density at radius 3 is 2.27 bits per heavy atom. The molecule has 0 N–H and O–H groups in total. The molecule has 0 spiro atoms. The van der Waals surface area contributed by atoms with Gasteiger partial charge in [0.2, 0.25) is 0 Å². The molecular formula is C14H15F. The van der Waals surface area contributed by atoms with Crippen LogP contribution in [-0.2, 0) is 0 Å². The van der Waals surface area contributed by atoms with Crippen molar-refractivity contribution in [1.29, 1.82) is 0 Å². The highest BCUT2D eigenvalue weighted by atomic mass is 19.1. The summed E-state index contributed by atoms with van der Waals surface area (Å²) in [6.07, 6.45) is 6.91. The molecule has 0 aliphatic heterocycles. The van der Waals surface area contributed by atoms with Crippen molar-refractivity contribution in [3.05, 3.63) is 65.5 Å². The van der Waals surface area contributed by atoms with Gasteiger partial charge in [0.05, 0.1) is 0 Å². The third kappa shape index (κ3) is 3.55. The molecule has 0 atom stereocenters. The predicted molar refractivity (Wildman–Crippen MR) is 64.1 cm³/mol. The zero-order valence-electron chi connectivity index (χ0n) is 9.07. The van der Waals surface area contributed by atoms with E-state index in [0.717, 1.165) is 5.56 Å². The molecule has 0 saturated carbocycles. The molecule has 0 saturated heterocycles. The van der Waals surface area contributed by atoms with E-state index in [9.17, 15) is 4.39 Å². The van der Waals surface area contributed by atoms with Gasteiger partial charge in [-0.05, 0) is 19.4 Å². The quantitative estimate of drug-likeness (QED) is 0.632. The largest absolute Gasteiger partial charge is 0.207 e. The molecule has 1 heteroatoms. The van der Waals surface area contributed by atoms with Gasteiger partial charge in [0.15, 0.2) is 0 Å². The summed E-state index contributed by atoms with van der Waals surface area (Å²) in [7, 11) is 0. The van der Waals surface area contributed by atoms with Crippen LogP contribution in [0.1, 0.15) is 19.4 Å². The molecule has 0 bridgehead atoms. The minimum absolute atomic E-state index is 0.190. The fourth-order valence-corrected chi connectivity index (χ4v) is 1.23. The van der Waals surface area contributed by atoms with E-state index in [1.54, 1.807) is 19.1 Å². The van der Waals surface area contributed by atoms with Crippen LogP contribution in [0.25, 0.3) is 6.08 Å². The van der Waals surface area contributed by atoms with Gasteiger partial charge < -0.3 is 0 Å². The van der Waals surface area contributed by atoms with Crippen molar-refractivity contribution < 1.29 is 4.39 Å². The highest BCUT2D eigenvalue weighted by Gasteiger charge is 1.96. The van der Waals surface area contributed by atoms with Crippen LogP contribution in [0.15, 0.2) is 60.0 Å². The van der Waals surface area contributed by atoms with Gasteiger partial charge in [0.1, 0.15) is 5.83 Å². The minimum Gasteiger partial charge on any atom is -0.207 e. The van der Waals surface area contributed by atoms with Crippen LogP contribution >= 0.6 is 0 Å². The van der Waals surface area contributed by atoms with Crippen molar-refractivity contribution >= 4 is 6.08 Å². The van der Waals surface area contributed by atoms with Crippen molar-refractivity contribution in [2.24, 2.45) is 0 Å². The van der Waals surface area contributed by atoms with Crippen molar-refractivity contribution in [3.8, 4) is 0 Å². The third-order valence-electron chi connectivity index (χ3n) is 2.10. The van der Waals surface area contributed by atoms with Crippen LogP contribution in [0.2, 0.25) is 0 Å². The second kappa shape index (κ2) is 5.97. The number of benzene rings is 1. The van der Waals surface area contributed by atoms with Gasteiger partial charge in [-0.1, -0.05) is 54.6 Å². The van der Waals surface area contributed by atoms with Crippen LogP contribution in [0.5, 0.6) is 0 Å². The Morgan fingerprint density at radius 2 is 1.73 bits per heavy atom. The van der Waals surface area contributed by atoms with Crippen molar-refractivity contribution in [2.75, 3.05) is 0 Å². The molecule has 0 radical (unpaired) electrons. The standard InChI is InChI=1S/C14H15F/c1-3-13(14(15)4-2)11-10-12-8-6-5-7-9-12/h3-11H,1-2H3/b11-10+,13-3-,14-4+. The molecular weight excluding hydrogens is 187 g/mol. The first-order chi connectivity index (χ1) is 7.27. The maximum atomic E-state index is 13.2. The molecule has 1 aromatic carbocycles. The van der Waals surface area contributed by atoms with E-state index in [1.165, 1.54) is 6.08 Å². The number of hydrogen-bond donors (Lipinski definition) is 0. The van der Waals surface area contributed by atoms with E-state index < -0.39 is 0 Å². The van der Waals surface area contributed by atoms with E-state index in [0.29, 0.717) is 5.57 Å². The zero-order valence-corrected chi connectivity index (χ0v) is 9.07. The van der Waals surface area contributed by atoms with Gasteiger partial charge in [0.25, 0.3) is 0 Å². The van der Waals surface area contributed by atoms with Gasteiger partial charge in [0, 0.05) is 5.57 Å². The first-order valence-corrected chi connectivity index (χ1v) is 4.99. The molecule has 78 valence electrons. The summed E-state index contributed by atoms with van der Waals surface area (Å²) in [5.74, 6) is -0.190. The lowest BCUT2D eigenvalue weighted by molar-refractivity contribution is 0.655. The minimum atomic E-state index is -0.190. The van der Waals surface area contributed by atoms with Crippen molar-refractivity contribution in [3.63, 3.8) is 0 Å². The van der Waals surface area contributed by atoms with E-state index in [1.807, 2.05) is 43.3 Å². The molecule has 0 aliphatic carbocycles. The highest BCUT2D eigenvalue weighted by molar-refractivity contribution is 5.55. The number of halogens is 1. The average Bonchev–Trinajstić information content (AvgIpc) is 2.31. The molecule has 0 aromatic heterocycles. The van der Waals surface area contributed by atoms with E-state index >= 15 is 0 Å². The SMILES string of the molecule is C/C=C(/C=C/c1ccccc1)C(\F)=C/C. The van der Waals surface area contributed by atoms with E-state index in [4.69, 9.17) is 0 Å². The molecule has 0 aliphatic rings. The van der Waals surface area contributed by atoms with Crippen LogP contribution < -0.4 is 0 Å². The Morgan fingerprint density at radius 1 is 1.07 bits per heavy atom. The van der Waals surface area contributed by atoms with Crippen LogP contribution in [-0.4, -0.2) is 0 Å². The van der Waals surface area contributed by atoms with Gasteiger partial charge >= 0.3 is 0 Å². The third-order valence-corrected chi connectivity index (χ3v) is 2.10. The van der Waals surface area contributed by atoms with Crippen LogP contribution in [0.4, 0.5) is 4.39 Å². The van der Waals surface area contributed by atoms with Gasteiger partial charge in [-0.15, -0.1) is 0 Å². The molecule has 1 rings (SSSR count). The summed E-state index contributed by atoms with van der Waals surface area (Å²) in [4.78, 5) is 0. The number of rotatable bonds is 3. The normalized spacial score (nSPS) is 13.5. The topological polar surface area (TPSA) is 0 Å². The fourth-order valence-electron chi connectivity index (χ4n) is 1.23. The van der Waals surface area contributed by atoms with Crippen LogP contribution in [0, 0.1) is 0 Å². The molecule has 0 heterocycles. The average molecular weight is 202 g/mol. The summed E-state index contributed by atoms with van der Waals surface area (Å²) in [6, 6.07) is 9.84. The van der Waals surface area contributed by atoms with Gasteiger partial charge in [-0.25, -0.2) is 4.39 Å². The predicted octanol–water partition coefficient (Wildman–Crippen LogP) is 4.52. The lowest BCUT2D eigenvalue weighted by Gasteiger charge is -1.96. The summed E-state index contributed by atoms with van der Waals surface area (Å²) in [5.41, 5.74) is 1.68. The van der Waals surface area contributed by atoms with Gasteiger partial charge in [-0.3, -0.25) is 0 Å². The van der Waals surface area contributed by atoms with Crippen molar-refractivity contribution in [2.45, 2.75) is 13.8 Å². The smallest absolute Gasteiger partial charge is 0.125 e. The number of hydrogen-bond acceptors (Lipinski definition) is 0. The Kier molecular flexibility index (Phi) is 4.55. The Labute approximate surface area is 90.4 Å². The highest BCUT2D eigenvalue weighted by Crippen LogP contribution is 2.14. The summed E-state index contributed by atoms with van der Waals surface area (Å²) in [5, 5.41) is 0. The molecule has 1 aromatic rings. The van der Waals surface area contributed by atoms with E-state index in [-0.39, 0.29) is 5.83 Å². The lowest BCUT2D eigenvalue weighted by Crippen LogP contribution is -1.78. The Hall–Kier alpha value is -1.63. The Balaban J connectivity index is 2.82. The lowest BCUT2D eigenvalue weighted by atomic mass is 10.1.